The summed E-state index contributed by atoms with van der Waals surface area (Å²) < 4.78 is 5.52. The highest BCUT2D eigenvalue weighted by atomic mass is 16.5. The second kappa shape index (κ2) is 8.63. The van der Waals surface area contributed by atoms with Gasteiger partial charge in [0.25, 0.3) is 5.91 Å². The Bertz CT molecular complexity index is 736. The minimum absolute atomic E-state index is 0.0332. The first kappa shape index (κ1) is 18.1. The van der Waals surface area contributed by atoms with Crippen LogP contribution in [-0.4, -0.2) is 30.4 Å². The first-order valence-corrected chi connectivity index (χ1v) is 8.99. The molecule has 1 fully saturated rings. The summed E-state index contributed by atoms with van der Waals surface area (Å²) in [6.07, 6.45) is 3.73. The molecule has 0 spiro atoms. The molecular formula is C21H24N2O3. The number of nitrogens with two attached hydrogens (primary N) is 1. The van der Waals surface area contributed by atoms with E-state index in [1.165, 1.54) is 0 Å². The number of amides is 1. The summed E-state index contributed by atoms with van der Waals surface area (Å²) in [7, 11) is 0. The first-order valence-electron chi connectivity index (χ1n) is 8.99. The van der Waals surface area contributed by atoms with Gasteiger partial charge in [0.15, 0.2) is 12.4 Å². The van der Waals surface area contributed by atoms with Crippen LogP contribution in [0.2, 0.25) is 0 Å². The highest BCUT2D eigenvalue weighted by Crippen LogP contribution is 2.17. The largest absolute Gasteiger partial charge is 0.484 e. The highest BCUT2D eigenvalue weighted by Gasteiger charge is 2.20. The van der Waals surface area contributed by atoms with Gasteiger partial charge in [-0.05, 0) is 49.9 Å². The van der Waals surface area contributed by atoms with E-state index in [0.717, 1.165) is 25.7 Å². The van der Waals surface area contributed by atoms with Crippen molar-refractivity contribution in [3.05, 3.63) is 65.7 Å². The van der Waals surface area contributed by atoms with Crippen molar-refractivity contribution in [2.45, 2.75) is 37.8 Å². The number of carbonyl (C=O) groups excluding carboxylic acids is 2. The number of ketones is 1. The molecule has 5 heteroatoms. The fourth-order valence-corrected chi connectivity index (χ4v) is 3.14. The number of hydrogen-bond acceptors (Lipinski definition) is 4. The lowest BCUT2D eigenvalue weighted by Crippen LogP contribution is -2.42. The van der Waals surface area contributed by atoms with E-state index in [2.05, 4.69) is 5.32 Å². The van der Waals surface area contributed by atoms with Gasteiger partial charge in [-0.1, -0.05) is 30.3 Å². The van der Waals surface area contributed by atoms with E-state index in [9.17, 15) is 9.59 Å². The number of nitrogens with one attached hydrogen (secondary N) is 1. The van der Waals surface area contributed by atoms with Crippen LogP contribution in [0.15, 0.2) is 54.6 Å². The molecule has 0 bridgehead atoms. The van der Waals surface area contributed by atoms with Crippen LogP contribution >= 0.6 is 0 Å². The lowest BCUT2D eigenvalue weighted by Gasteiger charge is -2.26. The minimum Gasteiger partial charge on any atom is -0.484 e. The first-order chi connectivity index (χ1) is 12.6. The summed E-state index contributed by atoms with van der Waals surface area (Å²) in [4.78, 5) is 24.4. The molecular weight excluding hydrogens is 328 g/mol. The van der Waals surface area contributed by atoms with Crippen molar-refractivity contribution in [2.24, 2.45) is 5.73 Å². The summed E-state index contributed by atoms with van der Waals surface area (Å²) in [6.45, 7) is -0.0332. The molecule has 0 saturated heterocycles. The average Bonchev–Trinajstić information content (AvgIpc) is 2.69. The average molecular weight is 352 g/mol. The van der Waals surface area contributed by atoms with Crippen LogP contribution in [0.4, 0.5) is 0 Å². The summed E-state index contributed by atoms with van der Waals surface area (Å²) in [5.74, 6) is 0.399. The monoisotopic (exact) mass is 352 g/mol. The maximum Gasteiger partial charge on any atom is 0.258 e. The molecule has 0 radical (unpaired) electrons. The van der Waals surface area contributed by atoms with Crippen molar-refractivity contribution in [2.75, 3.05) is 6.61 Å². The zero-order valence-electron chi connectivity index (χ0n) is 14.7. The normalized spacial score (nSPS) is 19.6. The van der Waals surface area contributed by atoms with Crippen LogP contribution in [-0.2, 0) is 4.79 Å². The molecule has 136 valence electrons. The van der Waals surface area contributed by atoms with Crippen molar-refractivity contribution < 1.29 is 14.3 Å². The molecule has 0 heterocycles. The number of benzene rings is 2. The SMILES string of the molecule is NC1CCC(NC(=O)COc2ccc(C(=O)c3ccccc3)cc2)CC1. The van der Waals surface area contributed by atoms with Gasteiger partial charge < -0.3 is 15.8 Å². The Morgan fingerprint density at radius 3 is 2.19 bits per heavy atom. The van der Waals surface area contributed by atoms with E-state index in [0.29, 0.717) is 16.9 Å². The summed E-state index contributed by atoms with van der Waals surface area (Å²) in [5, 5.41) is 2.99. The zero-order valence-corrected chi connectivity index (χ0v) is 14.7. The maximum atomic E-state index is 12.4. The highest BCUT2D eigenvalue weighted by molar-refractivity contribution is 6.08. The Balaban J connectivity index is 1.48. The van der Waals surface area contributed by atoms with E-state index in [4.69, 9.17) is 10.5 Å². The molecule has 3 N–H and O–H groups in total. The standard InChI is InChI=1S/C21H24N2O3/c22-17-8-10-18(11-9-17)23-20(24)14-26-19-12-6-16(7-13-19)21(25)15-4-2-1-3-5-15/h1-7,12-13,17-18H,8-11,14,22H2,(H,23,24). The van der Waals surface area contributed by atoms with Gasteiger partial charge in [-0.15, -0.1) is 0 Å². The van der Waals surface area contributed by atoms with E-state index in [-0.39, 0.29) is 30.4 Å². The van der Waals surface area contributed by atoms with E-state index < -0.39 is 0 Å². The fourth-order valence-electron chi connectivity index (χ4n) is 3.14. The van der Waals surface area contributed by atoms with Crippen molar-refractivity contribution in [3.8, 4) is 5.75 Å². The van der Waals surface area contributed by atoms with Crippen LogP contribution in [0.5, 0.6) is 5.75 Å². The van der Waals surface area contributed by atoms with Crippen LogP contribution in [0, 0.1) is 0 Å². The second-order valence-electron chi connectivity index (χ2n) is 6.69. The van der Waals surface area contributed by atoms with E-state index in [1.807, 2.05) is 18.2 Å². The molecule has 0 unspecified atom stereocenters. The van der Waals surface area contributed by atoms with Crippen LogP contribution in [0.3, 0.4) is 0 Å². The van der Waals surface area contributed by atoms with Crippen molar-refractivity contribution >= 4 is 11.7 Å². The summed E-state index contributed by atoms with van der Waals surface area (Å²) in [6, 6.07) is 16.4. The molecule has 26 heavy (non-hydrogen) atoms. The molecule has 1 aliphatic carbocycles. The van der Waals surface area contributed by atoms with Crippen LogP contribution < -0.4 is 15.8 Å². The molecule has 1 saturated carbocycles. The molecule has 0 atom stereocenters. The molecule has 0 aromatic heterocycles. The molecule has 5 nitrogen and oxygen atoms in total. The van der Waals surface area contributed by atoms with Gasteiger partial charge in [-0.2, -0.15) is 0 Å². The molecule has 2 aromatic carbocycles. The quantitative estimate of drug-likeness (QED) is 0.783. The zero-order chi connectivity index (χ0) is 18.4. The van der Waals surface area contributed by atoms with Gasteiger partial charge >= 0.3 is 0 Å². The minimum atomic E-state index is -0.130. The molecule has 2 aromatic rings. The third-order valence-electron chi connectivity index (χ3n) is 4.66. The number of rotatable bonds is 6. The third-order valence-corrected chi connectivity index (χ3v) is 4.66. The lowest BCUT2D eigenvalue weighted by molar-refractivity contribution is -0.124. The van der Waals surface area contributed by atoms with Crippen molar-refractivity contribution in [1.82, 2.24) is 5.32 Å². The van der Waals surface area contributed by atoms with Crippen LogP contribution in [0.25, 0.3) is 0 Å². The van der Waals surface area contributed by atoms with Gasteiger partial charge in [0.2, 0.25) is 0 Å². The van der Waals surface area contributed by atoms with Gasteiger partial charge in [0.1, 0.15) is 5.75 Å². The van der Waals surface area contributed by atoms with Crippen molar-refractivity contribution in [3.63, 3.8) is 0 Å². The smallest absolute Gasteiger partial charge is 0.258 e. The Labute approximate surface area is 153 Å². The van der Waals surface area contributed by atoms with Gasteiger partial charge in [-0.3, -0.25) is 9.59 Å². The molecule has 0 aliphatic heterocycles. The Hall–Kier alpha value is -2.66. The topological polar surface area (TPSA) is 81.4 Å². The number of ether oxygens (including phenoxy) is 1. The molecule has 1 amide bonds. The second-order valence-corrected chi connectivity index (χ2v) is 6.69. The van der Waals surface area contributed by atoms with Crippen LogP contribution in [0.1, 0.15) is 41.6 Å². The molecule has 1 aliphatic rings. The Morgan fingerprint density at radius 1 is 0.923 bits per heavy atom. The van der Waals surface area contributed by atoms with E-state index >= 15 is 0 Å². The van der Waals surface area contributed by atoms with Gasteiger partial charge in [-0.25, -0.2) is 0 Å². The Kier molecular flexibility index (Phi) is 6.02. The Morgan fingerprint density at radius 2 is 1.54 bits per heavy atom. The predicted molar refractivity (Wildman–Crippen MR) is 100 cm³/mol. The predicted octanol–water partition coefficient (Wildman–Crippen LogP) is 2.68. The summed E-state index contributed by atoms with van der Waals surface area (Å²) in [5.41, 5.74) is 7.11. The van der Waals surface area contributed by atoms with Gasteiger partial charge in [0, 0.05) is 23.2 Å². The number of hydrogen-bond donors (Lipinski definition) is 2. The summed E-state index contributed by atoms with van der Waals surface area (Å²) >= 11 is 0. The lowest BCUT2D eigenvalue weighted by atomic mass is 9.92. The third kappa shape index (κ3) is 4.92. The van der Waals surface area contributed by atoms with Gasteiger partial charge in [0.05, 0.1) is 0 Å². The number of carbonyl (C=O) groups is 2. The molecule has 3 rings (SSSR count). The fraction of sp³-hybridized carbons (Fsp3) is 0.333. The van der Waals surface area contributed by atoms with Crippen molar-refractivity contribution in [1.29, 1.82) is 0 Å². The maximum absolute atomic E-state index is 12.4. The van der Waals surface area contributed by atoms with E-state index in [1.54, 1.807) is 36.4 Å².